The fourth-order valence-electron chi connectivity index (χ4n) is 2.76. The Labute approximate surface area is 110 Å². The summed E-state index contributed by atoms with van der Waals surface area (Å²) in [4.78, 5) is 0. The van der Waals surface area contributed by atoms with Crippen LogP contribution in [0, 0.1) is 5.92 Å². The molecular weight excluding hydrogens is 230 g/mol. The summed E-state index contributed by atoms with van der Waals surface area (Å²) in [5, 5.41) is 3.51. The molecule has 0 amide bonds. The van der Waals surface area contributed by atoms with Gasteiger partial charge in [-0.3, -0.25) is 0 Å². The SMILES string of the molecule is CCCNC1CC(OCC2CCOCC2)C1OC. The zero-order chi connectivity index (χ0) is 12.8. The molecule has 1 saturated heterocycles. The Hall–Kier alpha value is -0.160. The van der Waals surface area contributed by atoms with Crippen LogP contribution in [0.5, 0.6) is 0 Å². The first-order chi connectivity index (χ1) is 8.85. The van der Waals surface area contributed by atoms with E-state index in [2.05, 4.69) is 12.2 Å². The fourth-order valence-corrected chi connectivity index (χ4v) is 2.76. The molecule has 0 bridgehead atoms. The predicted molar refractivity (Wildman–Crippen MR) is 70.8 cm³/mol. The van der Waals surface area contributed by atoms with Gasteiger partial charge in [0.2, 0.25) is 0 Å². The van der Waals surface area contributed by atoms with Crippen LogP contribution in [0.3, 0.4) is 0 Å². The first-order valence-corrected chi connectivity index (χ1v) is 7.30. The third kappa shape index (κ3) is 3.67. The largest absolute Gasteiger partial charge is 0.381 e. The Bertz CT molecular complexity index is 231. The number of nitrogens with one attached hydrogen (secondary N) is 1. The van der Waals surface area contributed by atoms with Gasteiger partial charge in [0.05, 0.1) is 18.8 Å². The molecule has 3 unspecified atom stereocenters. The second-order valence-corrected chi connectivity index (χ2v) is 5.42. The molecule has 0 aromatic carbocycles. The van der Waals surface area contributed by atoms with E-state index in [4.69, 9.17) is 14.2 Å². The highest BCUT2D eigenvalue weighted by Gasteiger charge is 2.42. The molecular formula is C14H27NO3. The van der Waals surface area contributed by atoms with Crippen molar-refractivity contribution < 1.29 is 14.2 Å². The van der Waals surface area contributed by atoms with E-state index in [9.17, 15) is 0 Å². The summed E-state index contributed by atoms with van der Waals surface area (Å²) in [6, 6.07) is 0.481. The number of hydrogen-bond donors (Lipinski definition) is 1. The lowest BCUT2D eigenvalue weighted by Gasteiger charge is -2.44. The summed E-state index contributed by atoms with van der Waals surface area (Å²) in [6.07, 6.45) is 5.05. The van der Waals surface area contributed by atoms with Crippen molar-refractivity contribution in [1.82, 2.24) is 5.32 Å². The van der Waals surface area contributed by atoms with Gasteiger partial charge in [-0.1, -0.05) is 6.92 Å². The van der Waals surface area contributed by atoms with Crippen molar-refractivity contribution in [3.05, 3.63) is 0 Å². The molecule has 106 valence electrons. The molecule has 0 aromatic heterocycles. The maximum atomic E-state index is 6.01. The highest BCUT2D eigenvalue weighted by atomic mass is 16.5. The van der Waals surface area contributed by atoms with E-state index in [1.807, 2.05) is 0 Å². The molecule has 3 atom stereocenters. The fraction of sp³-hybridized carbons (Fsp3) is 1.00. The predicted octanol–water partition coefficient (Wildman–Crippen LogP) is 1.59. The van der Waals surface area contributed by atoms with Gasteiger partial charge in [-0.25, -0.2) is 0 Å². The minimum Gasteiger partial charge on any atom is -0.381 e. The summed E-state index contributed by atoms with van der Waals surface area (Å²) in [5.74, 6) is 0.680. The first-order valence-electron chi connectivity index (χ1n) is 7.30. The number of rotatable bonds is 7. The lowest BCUT2D eigenvalue weighted by atomic mass is 9.85. The molecule has 1 N–H and O–H groups in total. The molecule has 1 heterocycles. The van der Waals surface area contributed by atoms with E-state index >= 15 is 0 Å². The highest BCUT2D eigenvalue weighted by Crippen LogP contribution is 2.28. The van der Waals surface area contributed by atoms with E-state index < -0.39 is 0 Å². The number of ether oxygens (including phenoxy) is 3. The molecule has 0 aromatic rings. The van der Waals surface area contributed by atoms with Crippen LogP contribution in [0.15, 0.2) is 0 Å². The van der Waals surface area contributed by atoms with Crippen LogP contribution in [-0.4, -0.2) is 51.7 Å². The van der Waals surface area contributed by atoms with Crippen LogP contribution in [0.2, 0.25) is 0 Å². The Morgan fingerprint density at radius 3 is 2.72 bits per heavy atom. The molecule has 1 aliphatic carbocycles. The average Bonchev–Trinajstić information content (AvgIpc) is 2.39. The molecule has 1 aliphatic heterocycles. The number of hydrogen-bond acceptors (Lipinski definition) is 4. The monoisotopic (exact) mass is 257 g/mol. The summed E-state index contributed by atoms with van der Waals surface area (Å²) < 4.78 is 16.9. The zero-order valence-electron chi connectivity index (χ0n) is 11.7. The molecule has 2 aliphatic rings. The Morgan fingerprint density at radius 2 is 2.06 bits per heavy atom. The Kier molecular flexibility index (Phi) is 5.89. The van der Waals surface area contributed by atoms with E-state index in [-0.39, 0.29) is 12.2 Å². The van der Waals surface area contributed by atoms with Crippen molar-refractivity contribution in [2.75, 3.05) is 33.5 Å². The molecule has 4 nitrogen and oxygen atoms in total. The second kappa shape index (κ2) is 7.43. The van der Waals surface area contributed by atoms with E-state index in [1.54, 1.807) is 7.11 Å². The lowest BCUT2D eigenvalue weighted by molar-refractivity contribution is -0.143. The normalized spacial score (nSPS) is 33.3. The van der Waals surface area contributed by atoms with Crippen LogP contribution in [0.1, 0.15) is 32.6 Å². The van der Waals surface area contributed by atoms with Gasteiger partial charge in [-0.2, -0.15) is 0 Å². The highest BCUT2D eigenvalue weighted by molar-refractivity contribution is 4.97. The van der Waals surface area contributed by atoms with Crippen molar-refractivity contribution in [3.8, 4) is 0 Å². The molecule has 2 fully saturated rings. The van der Waals surface area contributed by atoms with Gasteiger partial charge in [0.15, 0.2) is 0 Å². The van der Waals surface area contributed by atoms with Crippen molar-refractivity contribution in [2.45, 2.75) is 50.9 Å². The van der Waals surface area contributed by atoms with E-state index in [1.165, 1.54) is 6.42 Å². The van der Waals surface area contributed by atoms with Crippen molar-refractivity contribution in [1.29, 1.82) is 0 Å². The molecule has 0 radical (unpaired) electrons. The van der Waals surface area contributed by atoms with Crippen LogP contribution < -0.4 is 5.32 Å². The van der Waals surface area contributed by atoms with Gasteiger partial charge in [0.25, 0.3) is 0 Å². The van der Waals surface area contributed by atoms with Gasteiger partial charge >= 0.3 is 0 Å². The van der Waals surface area contributed by atoms with Crippen molar-refractivity contribution >= 4 is 0 Å². The van der Waals surface area contributed by atoms with Crippen molar-refractivity contribution in [3.63, 3.8) is 0 Å². The van der Waals surface area contributed by atoms with Gasteiger partial charge < -0.3 is 19.5 Å². The van der Waals surface area contributed by atoms with Crippen LogP contribution >= 0.6 is 0 Å². The van der Waals surface area contributed by atoms with Gasteiger partial charge in [0, 0.05) is 26.4 Å². The maximum absolute atomic E-state index is 6.01. The minimum absolute atomic E-state index is 0.233. The quantitative estimate of drug-likeness (QED) is 0.752. The Balaban J connectivity index is 1.64. The Morgan fingerprint density at radius 1 is 1.28 bits per heavy atom. The molecule has 18 heavy (non-hydrogen) atoms. The smallest absolute Gasteiger partial charge is 0.0986 e. The van der Waals surface area contributed by atoms with Crippen molar-refractivity contribution in [2.24, 2.45) is 5.92 Å². The molecule has 4 heteroatoms. The molecule has 0 spiro atoms. The van der Waals surface area contributed by atoms with Crippen LogP contribution in [0.4, 0.5) is 0 Å². The minimum atomic E-state index is 0.233. The van der Waals surface area contributed by atoms with E-state index in [0.717, 1.165) is 45.6 Å². The molecule has 1 saturated carbocycles. The maximum Gasteiger partial charge on any atom is 0.0986 e. The van der Waals surface area contributed by atoms with E-state index in [0.29, 0.717) is 12.0 Å². The second-order valence-electron chi connectivity index (χ2n) is 5.42. The summed E-state index contributed by atoms with van der Waals surface area (Å²) in [5.41, 5.74) is 0. The van der Waals surface area contributed by atoms with Gasteiger partial charge in [-0.05, 0) is 38.1 Å². The summed E-state index contributed by atoms with van der Waals surface area (Å²) >= 11 is 0. The van der Waals surface area contributed by atoms with Crippen LogP contribution in [0.25, 0.3) is 0 Å². The zero-order valence-corrected chi connectivity index (χ0v) is 11.7. The summed E-state index contributed by atoms with van der Waals surface area (Å²) in [7, 11) is 1.79. The topological polar surface area (TPSA) is 39.7 Å². The lowest BCUT2D eigenvalue weighted by Crippen LogP contribution is -2.60. The van der Waals surface area contributed by atoms with Crippen LogP contribution in [-0.2, 0) is 14.2 Å². The van der Waals surface area contributed by atoms with Gasteiger partial charge in [-0.15, -0.1) is 0 Å². The number of methoxy groups -OCH3 is 1. The molecule has 2 rings (SSSR count). The average molecular weight is 257 g/mol. The van der Waals surface area contributed by atoms with Gasteiger partial charge in [0.1, 0.15) is 0 Å². The summed E-state index contributed by atoms with van der Waals surface area (Å²) in [6.45, 7) is 5.92. The first kappa shape index (κ1) is 14.3. The standard InChI is InChI=1S/C14H27NO3/c1-3-6-15-12-9-13(14(12)16-2)18-10-11-4-7-17-8-5-11/h11-15H,3-10H2,1-2H3. The third-order valence-electron chi connectivity index (χ3n) is 4.06. The third-order valence-corrected chi connectivity index (χ3v) is 4.06.